The standard InChI is InChI=1S/C17H23N5O4S/c1-21-8-9-22(11-17(21)5-4-15(23)18-7-6-17)27(25,26)12-2-3-13-14(10-12)20-16(24)19-13/h2-3,10H,4-9,11H2,1H3,(H,18,23)(H2,19,20,24)/t17-/m1/s1. The monoisotopic (exact) mass is 393 g/mol. The van der Waals surface area contributed by atoms with Crippen LogP contribution in [0.5, 0.6) is 0 Å². The van der Waals surface area contributed by atoms with Crippen molar-refractivity contribution in [2.75, 3.05) is 33.2 Å². The smallest absolute Gasteiger partial charge is 0.323 e. The maximum Gasteiger partial charge on any atom is 0.323 e. The van der Waals surface area contributed by atoms with Gasteiger partial charge in [0.2, 0.25) is 15.9 Å². The highest BCUT2D eigenvalue weighted by molar-refractivity contribution is 7.89. The number of fused-ring (bicyclic) bond motifs is 1. The van der Waals surface area contributed by atoms with Crippen molar-refractivity contribution in [3.8, 4) is 0 Å². The van der Waals surface area contributed by atoms with Gasteiger partial charge in [-0.05, 0) is 38.1 Å². The van der Waals surface area contributed by atoms with Crippen molar-refractivity contribution in [3.63, 3.8) is 0 Å². The molecule has 3 N–H and O–H groups in total. The van der Waals surface area contributed by atoms with Gasteiger partial charge >= 0.3 is 5.69 Å². The molecule has 0 aliphatic carbocycles. The molecule has 1 atom stereocenters. The number of benzene rings is 1. The molecule has 2 aliphatic rings. The minimum atomic E-state index is -3.70. The Labute approximate surface area is 156 Å². The third kappa shape index (κ3) is 3.17. The first kappa shape index (κ1) is 18.2. The molecule has 9 nitrogen and oxygen atoms in total. The maximum absolute atomic E-state index is 13.2. The molecular formula is C17H23N5O4S. The largest absolute Gasteiger partial charge is 0.356 e. The number of likely N-dealkylation sites (N-methyl/N-ethyl adjacent to an activating group) is 1. The number of nitrogens with one attached hydrogen (secondary N) is 3. The Hall–Kier alpha value is -2.17. The molecule has 1 aromatic carbocycles. The molecule has 0 unspecified atom stereocenters. The molecule has 4 rings (SSSR count). The Bertz CT molecular complexity index is 1040. The number of hydrogen-bond acceptors (Lipinski definition) is 5. The van der Waals surface area contributed by atoms with E-state index in [4.69, 9.17) is 0 Å². The van der Waals surface area contributed by atoms with Gasteiger partial charge in [-0.1, -0.05) is 0 Å². The number of carbonyl (C=O) groups is 1. The summed E-state index contributed by atoms with van der Waals surface area (Å²) in [6.45, 7) is 1.90. The van der Waals surface area contributed by atoms with Gasteiger partial charge in [0, 0.05) is 38.1 Å². The molecule has 3 heterocycles. The van der Waals surface area contributed by atoms with Gasteiger partial charge in [0.25, 0.3) is 0 Å². The van der Waals surface area contributed by atoms with E-state index in [0.29, 0.717) is 56.5 Å². The molecule has 27 heavy (non-hydrogen) atoms. The molecule has 1 amide bonds. The number of H-pyrrole nitrogens is 2. The number of nitrogens with zero attached hydrogens (tertiary/aromatic N) is 2. The molecule has 0 bridgehead atoms. The van der Waals surface area contributed by atoms with Crippen molar-refractivity contribution in [1.82, 2.24) is 24.5 Å². The van der Waals surface area contributed by atoms with Crippen LogP contribution in [0, 0.1) is 0 Å². The molecule has 10 heteroatoms. The van der Waals surface area contributed by atoms with E-state index < -0.39 is 10.0 Å². The van der Waals surface area contributed by atoms with E-state index in [0.717, 1.165) is 0 Å². The highest BCUT2D eigenvalue weighted by Gasteiger charge is 2.44. The zero-order chi connectivity index (χ0) is 19.2. The van der Waals surface area contributed by atoms with Crippen LogP contribution in [0.2, 0.25) is 0 Å². The van der Waals surface area contributed by atoms with Crippen LogP contribution >= 0.6 is 0 Å². The highest BCUT2D eigenvalue weighted by atomic mass is 32.2. The van der Waals surface area contributed by atoms with Gasteiger partial charge in [0.1, 0.15) is 0 Å². The predicted molar refractivity (Wildman–Crippen MR) is 99.9 cm³/mol. The van der Waals surface area contributed by atoms with E-state index in [2.05, 4.69) is 20.2 Å². The minimum Gasteiger partial charge on any atom is -0.356 e. The normalized spacial score (nSPS) is 25.6. The van der Waals surface area contributed by atoms with Crippen molar-refractivity contribution in [1.29, 1.82) is 0 Å². The number of sulfonamides is 1. The van der Waals surface area contributed by atoms with E-state index in [1.165, 1.54) is 16.4 Å². The second kappa shape index (κ2) is 6.47. The minimum absolute atomic E-state index is 0.0159. The van der Waals surface area contributed by atoms with Gasteiger partial charge in [-0.3, -0.25) is 9.69 Å². The van der Waals surface area contributed by atoms with Crippen molar-refractivity contribution < 1.29 is 13.2 Å². The second-order valence-electron chi connectivity index (χ2n) is 7.37. The third-order valence-corrected chi connectivity index (χ3v) is 7.66. The van der Waals surface area contributed by atoms with Crippen LogP contribution in [0.1, 0.15) is 19.3 Å². The quantitative estimate of drug-likeness (QED) is 0.655. The molecule has 2 aromatic rings. The van der Waals surface area contributed by atoms with Crippen molar-refractivity contribution >= 4 is 27.0 Å². The first-order valence-corrected chi connectivity index (χ1v) is 10.4. The summed E-state index contributed by atoms with van der Waals surface area (Å²) in [6, 6.07) is 4.61. The summed E-state index contributed by atoms with van der Waals surface area (Å²) in [4.78, 5) is 30.8. The van der Waals surface area contributed by atoms with Gasteiger partial charge in [0.15, 0.2) is 0 Å². The van der Waals surface area contributed by atoms with E-state index in [-0.39, 0.29) is 22.0 Å². The fourth-order valence-corrected chi connectivity index (χ4v) is 5.62. The highest BCUT2D eigenvalue weighted by Crippen LogP contribution is 2.33. The Morgan fingerprint density at radius 1 is 1.07 bits per heavy atom. The van der Waals surface area contributed by atoms with E-state index in [9.17, 15) is 18.0 Å². The Kier molecular flexibility index (Phi) is 4.36. The van der Waals surface area contributed by atoms with Crippen LogP contribution in [0.4, 0.5) is 0 Å². The van der Waals surface area contributed by atoms with Crippen LogP contribution < -0.4 is 11.0 Å². The van der Waals surface area contributed by atoms with Crippen LogP contribution in [-0.4, -0.2) is 72.3 Å². The third-order valence-electron chi connectivity index (χ3n) is 5.82. The maximum atomic E-state index is 13.2. The zero-order valence-corrected chi connectivity index (χ0v) is 15.9. The van der Waals surface area contributed by atoms with Crippen LogP contribution in [0.3, 0.4) is 0 Å². The lowest BCUT2D eigenvalue weighted by Crippen LogP contribution is -2.62. The summed E-state index contributed by atoms with van der Waals surface area (Å²) in [5.74, 6) is 0.0159. The fourth-order valence-electron chi connectivity index (χ4n) is 4.09. The molecule has 1 spiro atoms. The number of imidazole rings is 1. The number of aromatic nitrogens is 2. The van der Waals surface area contributed by atoms with Crippen molar-refractivity contribution in [2.45, 2.75) is 29.7 Å². The van der Waals surface area contributed by atoms with Crippen molar-refractivity contribution in [2.24, 2.45) is 0 Å². The number of amides is 1. The topological polar surface area (TPSA) is 118 Å². The molecule has 0 saturated carbocycles. The summed E-state index contributed by atoms with van der Waals surface area (Å²) in [6.07, 6.45) is 1.74. The van der Waals surface area contributed by atoms with E-state index >= 15 is 0 Å². The van der Waals surface area contributed by atoms with Gasteiger partial charge in [-0.15, -0.1) is 0 Å². The summed E-state index contributed by atoms with van der Waals surface area (Å²) < 4.78 is 28.0. The van der Waals surface area contributed by atoms with E-state index in [1.807, 2.05) is 7.05 Å². The Morgan fingerprint density at radius 2 is 1.85 bits per heavy atom. The van der Waals surface area contributed by atoms with Gasteiger partial charge in [0.05, 0.1) is 15.9 Å². The molecule has 146 valence electrons. The number of piperazine rings is 1. The Balaban J connectivity index is 1.66. The Morgan fingerprint density at radius 3 is 2.67 bits per heavy atom. The van der Waals surface area contributed by atoms with Gasteiger partial charge in [-0.2, -0.15) is 4.31 Å². The molecule has 2 saturated heterocycles. The van der Waals surface area contributed by atoms with Gasteiger partial charge < -0.3 is 15.3 Å². The fraction of sp³-hybridized carbons (Fsp3) is 0.529. The van der Waals surface area contributed by atoms with Gasteiger partial charge in [-0.25, -0.2) is 13.2 Å². The summed E-state index contributed by atoms with van der Waals surface area (Å²) in [7, 11) is -1.71. The SMILES string of the molecule is CN1CCN(S(=O)(=O)c2ccc3[nH]c(=O)[nH]c3c2)C[C@@]12CCNC(=O)CC2. The molecule has 0 radical (unpaired) electrons. The van der Waals surface area contributed by atoms with E-state index in [1.54, 1.807) is 6.07 Å². The number of aromatic amines is 2. The second-order valence-corrected chi connectivity index (χ2v) is 9.31. The van der Waals surface area contributed by atoms with Crippen LogP contribution in [0.15, 0.2) is 27.9 Å². The predicted octanol–water partition coefficient (Wildman–Crippen LogP) is -0.169. The van der Waals surface area contributed by atoms with Crippen LogP contribution in [-0.2, 0) is 14.8 Å². The summed E-state index contributed by atoms with van der Waals surface area (Å²) in [5, 5.41) is 2.87. The average Bonchev–Trinajstić information content (AvgIpc) is 2.90. The first-order valence-electron chi connectivity index (χ1n) is 9.00. The lowest BCUT2D eigenvalue weighted by Gasteiger charge is -2.48. The molecular weight excluding hydrogens is 370 g/mol. The molecule has 1 aromatic heterocycles. The lowest BCUT2D eigenvalue weighted by atomic mass is 9.87. The summed E-state index contributed by atoms with van der Waals surface area (Å²) >= 11 is 0. The number of hydrogen-bond donors (Lipinski definition) is 3. The summed E-state index contributed by atoms with van der Waals surface area (Å²) in [5.41, 5.74) is 0.321. The lowest BCUT2D eigenvalue weighted by molar-refractivity contribution is -0.121. The average molecular weight is 393 g/mol. The van der Waals surface area contributed by atoms with Crippen LogP contribution in [0.25, 0.3) is 11.0 Å². The molecule has 2 fully saturated rings. The van der Waals surface area contributed by atoms with Crippen molar-refractivity contribution in [3.05, 3.63) is 28.7 Å². The zero-order valence-electron chi connectivity index (χ0n) is 15.1. The molecule has 2 aliphatic heterocycles. The number of carbonyl (C=O) groups excluding carboxylic acids is 1. The number of rotatable bonds is 2. The first-order chi connectivity index (χ1) is 12.8.